The Labute approximate surface area is 160 Å². The number of aromatic nitrogens is 4. The van der Waals surface area contributed by atoms with Crippen LogP contribution in [0.3, 0.4) is 0 Å². The predicted octanol–water partition coefficient (Wildman–Crippen LogP) is 2.88. The van der Waals surface area contributed by atoms with Crippen LogP contribution in [0.15, 0.2) is 48.8 Å². The molecule has 0 spiro atoms. The number of carbonyl (C=O) groups excluding carboxylic acids is 1. The first kappa shape index (κ1) is 16.1. The van der Waals surface area contributed by atoms with Gasteiger partial charge in [0.25, 0.3) is 5.91 Å². The molecule has 136 valence electrons. The van der Waals surface area contributed by atoms with E-state index in [1.54, 1.807) is 6.20 Å². The third kappa shape index (κ3) is 2.27. The summed E-state index contributed by atoms with van der Waals surface area (Å²) in [6.45, 7) is 0.311. The molecule has 2 N–H and O–H groups in total. The monoisotopic (exact) mass is 369 g/mol. The molecule has 1 aromatic carbocycles. The van der Waals surface area contributed by atoms with Crippen molar-refractivity contribution in [2.24, 2.45) is 0 Å². The van der Waals surface area contributed by atoms with Crippen LogP contribution in [0.25, 0.3) is 22.3 Å². The highest BCUT2D eigenvalue weighted by atomic mass is 16.2. The fourth-order valence-corrected chi connectivity index (χ4v) is 3.65. The molecule has 0 fully saturated rings. The molecule has 4 aromatic rings. The normalized spacial score (nSPS) is 13.6. The molecule has 8 nitrogen and oxygen atoms in total. The fraction of sp³-hybridized carbons (Fsp3) is 0.100. The van der Waals surface area contributed by atoms with Gasteiger partial charge < -0.3 is 9.88 Å². The smallest absolute Gasteiger partial charge is 0.263 e. The van der Waals surface area contributed by atoms with E-state index in [0.29, 0.717) is 17.9 Å². The van der Waals surface area contributed by atoms with Gasteiger partial charge in [-0.2, -0.15) is 10.4 Å². The van der Waals surface area contributed by atoms with Crippen LogP contribution in [0, 0.1) is 11.3 Å². The molecule has 0 saturated heterocycles. The second-order valence-electron chi connectivity index (χ2n) is 6.65. The number of hydrogen-bond donors (Lipinski definition) is 2. The molecule has 4 heterocycles. The van der Waals surface area contributed by atoms with Gasteiger partial charge in [0.2, 0.25) is 0 Å². The first-order chi connectivity index (χ1) is 13.7. The van der Waals surface area contributed by atoms with Gasteiger partial charge in [0, 0.05) is 24.3 Å². The van der Waals surface area contributed by atoms with E-state index in [0.717, 1.165) is 28.0 Å². The van der Waals surface area contributed by atoms with Gasteiger partial charge in [0.15, 0.2) is 5.69 Å². The summed E-state index contributed by atoms with van der Waals surface area (Å²) in [4.78, 5) is 24.5. The summed E-state index contributed by atoms with van der Waals surface area (Å²) >= 11 is 0. The molecule has 1 aliphatic heterocycles. The van der Waals surface area contributed by atoms with Crippen LogP contribution >= 0.6 is 0 Å². The van der Waals surface area contributed by atoms with Crippen LogP contribution in [-0.4, -0.2) is 39.8 Å². The molecule has 0 unspecified atom stereocenters. The number of fused-ring (bicyclic) bond motifs is 3. The highest BCUT2D eigenvalue weighted by Crippen LogP contribution is 2.37. The Balaban J connectivity index is 1.64. The number of carbonyl (C=O) groups is 1. The molecule has 0 aliphatic carbocycles. The minimum absolute atomic E-state index is 0.206. The highest BCUT2D eigenvalue weighted by molar-refractivity contribution is 6.16. The van der Waals surface area contributed by atoms with Crippen molar-refractivity contribution in [3.63, 3.8) is 0 Å². The molecule has 28 heavy (non-hydrogen) atoms. The first-order valence-electron chi connectivity index (χ1n) is 8.71. The summed E-state index contributed by atoms with van der Waals surface area (Å²) in [6, 6.07) is 14.0. The average Bonchev–Trinajstić information content (AvgIpc) is 3.37. The molecule has 1 aliphatic rings. The van der Waals surface area contributed by atoms with Crippen LogP contribution in [0.2, 0.25) is 0 Å². The number of hydrogen-bond acceptors (Lipinski definition) is 5. The van der Waals surface area contributed by atoms with Crippen molar-refractivity contribution in [1.82, 2.24) is 20.2 Å². The fourth-order valence-electron chi connectivity index (χ4n) is 3.65. The number of H-pyrrole nitrogens is 2. The summed E-state index contributed by atoms with van der Waals surface area (Å²) in [5, 5.41) is 16.6. The van der Waals surface area contributed by atoms with E-state index in [9.17, 15) is 10.1 Å². The summed E-state index contributed by atoms with van der Waals surface area (Å²) in [5.74, 6) is -0.206. The number of pyridine rings is 1. The van der Waals surface area contributed by atoms with E-state index in [1.165, 1.54) is 11.1 Å². The van der Waals surface area contributed by atoms with Gasteiger partial charge >= 0.3 is 0 Å². The van der Waals surface area contributed by atoms with Gasteiger partial charge in [-0.05, 0) is 11.6 Å². The Bertz CT molecular complexity index is 1250. The van der Waals surface area contributed by atoms with Crippen molar-refractivity contribution in [3.05, 3.63) is 60.0 Å². The van der Waals surface area contributed by atoms with Crippen molar-refractivity contribution in [1.29, 1.82) is 5.26 Å². The summed E-state index contributed by atoms with van der Waals surface area (Å²) < 4.78 is 0. The van der Waals surface area contributed by atoms with Gasteiger partial charge in [-0.3, -0.25) is 14.8 Å². The first-order valence-corrected chi connectivity index (χ1v) is 8.71. The molecule has 0 radical (unpaired) electrons. The van der Waals surface area contributed by atoms with E-state index in [1.807, 2.05) is 54.4 Å². The topological polar surface area (TPSA) is 105 Å². The predicted molar refractivity (Wildman–Crippen MR) is 105 cm³/mol. The second kappa shape index (κ2) is 5.96. The van der Waals surface area contributed by atoms with Crippen molar-refractivity contribution in [2.75, 3.05) is 23.5 Å². The molecule has 0 bridgehead atoms. The van der Waals surface area contributed by atoms with E-state index >= 15 is 0 Å². The third-order valence-corrected chi connectivity index (χ3v) is 4.95. The van der Waals surface area contributed by atoms with E-state index < -0.39 is 0 Å². The number of nitriles is 1. The van der Waals surface area contributed by atoms with Crippen LogP contribution in [-0.2, 0) is 0 Å². The zero-order chi connectivity index (χ0) is 19.3. The lowest BCUT2D eigenvalue weighted by Gasteiger charge is -2.35. The zero-order valence-electron chi connectivity index (χ0n) is 15.0. The standard InChI is InChI=1S/C20H15N7O/c1-26-11-27(17-10-23-25-16(17)8-21)20(28)14-9-22-19-13(18(14)26)7-15(24-19)12-5-3-2-4-6-12/h2-7,9-10H,11H2,1H3,(H,22,24)(H,23,25). The number of nitrogens with one attached hydrogen (secondary N) is 2. The Hall–Kier alpha value is -4.12. The van der Waals surface area contributed by atoms with Crippen LogP contribution in [0.4, 0.5) is 11.4 Å². The molecule has 3 aromatic heterocycles. The van der Waals surface area contributed by atoms with Gasteiger partial charge in [-0.1, -0.05) is 30.3 Å². The van der Waals surface area contributed by atoms with Crippen LogP contribution in [0.5, 0.6) is 0 Å². The lowest BCUT2D eigenvalue weighted by atomic mass is 10.1. The average molecular weight is 369 g/mol. The molecule has 0 saturated carbocycles. The maximum Gasteiger partial charge on any atom is 0.263 e. The van der Waals surface area contributed by atoms with E-state index in [-0.39, 0.29) is 11.6 Å². The summed E-state index contributed by atoms with van der Waals surface area (Å²) in [5.41, 5.74) is 4.76. The van der Waals surface area contributed by atoms with Gasteiger partial charge in [-0.15, -0.1) is 0 Å². The Morgan fingerprint density at radius 3 is 2.82 bits per heavy atom. The largest absolute Gasteiger partial charge is 0.355 e. The molecule has 1 amide bonds. The molecule has 5 rings (SSSR count). The Kier molecular flexibility index (Phi) is 3.42. The van der Waals surface area contributed by atoms with E-state index in [4.69, 9.17) is 0 Å². The molecular weight excluding hydrogens is 354 g/mol. The second-order valence-corrected chi connectivity index (χ2v) is 6.65. The minimum Gasteiger partial charge on any atom is -0.355 e. The zero-order valence-corrected chi connectivity index (χ0v) is 15.0. The number of aromatic amines is 2. The number of benzene rings is 1. The maximum absolute atomic E-state index is 13.1. The lowest BCUT2D eigenvalue weighted by molar-refractivity contribution is 0.0982. The van der Waals surface area contributed by atoms with Crippen molar-refractivity contribution >= 4 is 28.3 Å². The molecule has 8 heteroatoms. The van der Waals surface area contributed by atoms with Crippen LogP contribution < -0.4 is 9.80 Å². The van der Waals surface area contributed by atoms with Gasteiger partial charge in [-0.25, -0.2) is 4.98 Å². The van der Waals surface area contributed by atoms with E-state index in [2.05, 4.69) is 20.2 Å². The number of rotatable bonds is 2. The summed E-state index contributed by atoms with van der Waals surface area (Å²) in [7, 11) is 1.92. The summed E-state index contributed by atoms with van der Waals surface area (Å²) in [6.07, 6.45) is 3.07. The van der Waals surface area contributed by atoms with Crippen molar-refractivity contribution < 1.29 is 4.79 Å². The SMILES string of the molecule is CN1CN(c2cn[nH]c2C#N)C(=O)c2cnc3[nH]c(-c4ccccc4)cc3c21. The molecule has 0 atom stereocenters. The number of anilines is 2. The van der Waals surface area contributed by atoms with Gasteiger partial charge in [0.1, 0.15) is 17.4 Å². The van der Waals surface area contributed by atoms with Gasteiger partial charge in [0.05, 0.1) is 24.1 Å². The molecular formula is C20H15N7O. The number of nitrogens with zero attached hydrogens (tertiary/aromatic N) is 5. The van der Waals surface area contributed by atoms with Crippen LogP contribution in [0.1, 0.15) is 16.1 Å². The number of amides is 1. The lowest BCUT2D eigenvalue weighted by Crippen LogP contribution is -2.45. The Morgan fingerprint density at radius 1 is 1.21 bits per heavy atom. The Morgan fingerprint density at radius 2 is 2.04 bits per heavy atom. The maximum atomic E-state index is 13.1. The minimum atomic E-state index is -0.206. The highest BCUT2D eigenvalue weighted by Gasteiger charge is 2.32. The quantitative estimate of drug-likeness (QED) is 0.565. The third-order valence-electron chi connectivity index (χ3n) is 4.95. The van der Waals surface area contributed by atoms with Crippen molar-refractivity contribution in [2.45, 2.75) is 0 Å². The van der Waals surface area contributed by atoms with Crippen molar-refractivity contribution in [3.8, 4) is 17.3 Å².